The van der Waals surface area contributed by atoms with Crippen LogP contribution < -0.4 is 0 Å². The molecule has 2 fully saturated rings. The van der Waals surface area contributed by atoms with Crippen molar-refractivity contribution in [3.05, 3.63) is 0 Å². The number of cyclic esters (lactones) is 4. The molecule has 24 heavy (non-hydrogen) atoms. The van der Waals surface area contributed by atoms with Gasteiger partial charge in [-0.15, -0.1) is 0 Å². The molecule has 0 spiro atoms. The van der Waals surface area contributed by atoms with Gasteiger partial charge in [0.2, 0.25) is 0 Å². The molecule has 0 aromatic heterocycles. The maximum atomic E-state index is 11.3. The predicted octanol–water partition coefficient (Wildman–Crippen LogP) is 4.98. The molecule has 0 bridgehead atoms. The summed E-state index contributed by atoms with van der Waals surface area (Å²) < 4.78 is 20.6. The zero-order valence-corrected chi connectivity index (χ0v) is 16.3. The lowest BCUT2D eigenvalue weighted by atomic mass is 9.75. The highest BCUT2D eigenvalue weighted by Gasteiger charge is 2.58. The molecule has 0 aromatic carbocycles. The maximum absolute atomic E-state index is 11.3. The Morgan fingerprint density at radius 3 is 1.00 bits per heavy atom. The minimum Gasteiger partial charge on any atom is -0.424 e. The van der Waals surface area contributed by atoms with Gasteiger partial charge in [0.05, 0.1) is 0 Å². The van der Waals surface area contributed by atoms with Gasteiger partial charge in [0.25, 0.3) is 0 Å². The van der Waals surface area contributed by atoms with Gasteiger partial charge in [0.1, 0.15) is 11.2 Å². The third kappa shape index (κ3) is 3.33. The van der Waals surface area contributed by atoms with Gasteiger partial charge in [-0.2, -0.15) is 0 Å². The lowest BCUT2D eigenvalue weighted by Gasteiger charge is -2.38. The second-order valence-corrected chi connectivity index (χ2v) is 7.33. The van der Waals surface area contributed by atoms with Crippen molar-refractivity contribution in [1.29, 1.82) is 0 Å². The molecule has 2 heterocycles. The van der Waals surface area contributed by atoms with E-state index in [0.717, 1.165) is 25.7 Å². The quantitative estimate of drug-likeness (QED) is 0.670. The number of carbonyl (C=O) groups excluding carboxylic acids is 2. The van der Waals surface area contributed by atoms with Crippen molar-refractivity contribution in [2.75, 3.05) is 0 Å². The Labute approximate surface area is 145 Å². The van der Waals surface area contributed by atoms with Crippen molar-refractivity contribution in [2.45, 2.75) is 103 Å². The third-order valence-electron chi connectivity index (χ3n) is 5.80. The van der Waals surface area contributed by atoms with Crippen LogP contribution in [0.5, 0.6) is 0 Å². The van der Waals surface area contributed by atoms with Crippen LogP contribution in [-0.4, -0.2) is 34.7 Å². The minimum atomic E-state index is -0.574. The molecule has 2 aliphatic heterocycles. The fourth-order valence-corrected chi connectivity index (χ4v) is 3.29. The van der Waals surface area contributed by atoms with Gasteiger partial charge < -0.3 is 18.9 Å². The molecule has 2 rings (SSSR count). The first-order valence-corrected chi connectivity index (χ1v) is 8.78. The van der Waals surface area contributed by atoms with Crippen molar-refractivity contribution in [3.63, 3.8) is 0 Å². The van der Waals surface area contributed by atoms with Gasteiger partial charge in [-0.05, 0) is 53.4 Å². The Morgan fingerprint density at radius 2 is 0.833 bits per heavy atom. The average molecular weight is 344 g/mol. The number of ether oxygens (including phenoxy) is 4. The molecule has 2 aliphatic rings. The standard InChI is InChI=1S/C11H20O3.C7H12O3/c1-5-10(6-2)11(7-3,8-4)14-9(12)13-10;1-6(2)7(3,4)10-5(8)9-6/h5-8H2,1-4H3;1-4H3. The van der Waals surface area contributed by atoms with E-state index in [9.17, 15) is 9.59 Å². The fraction of sp³-hybridized carbons (Fsp3) is 0.889. The molecule has 0 radical (unpaired) electrons. The number of carbonyl (C=O) groups is 2. The molecule has 0 aliphatic carbocycles. The van der Waals surface area contributed by atoms with Crippen molar-refractivity contribution < 1.29 is 28.5 Å². The van der Waals surface area contributed by atoms with Crippen molar-refractivity contribution in [3.8, 4) is 0 Å². The first-order chi connectivity index (χ1) is 10.9. The molecule has 0 aromatic rings. The van der Waals surface area contributed by atoms with Gasteiger partial charge in [-0.25, -0.2) is 9.59 Å². The van der Waals surface area contributed by atoms with E-state index in [1.807, 2.05) is 55.4 Å². The summed E-state index contributed by atoms with van der Waals surface area (Å²) in [4.78, 5) is 21.9. The monoisotopic (exact) mass is 344 g/mol. The Hall–Kier alpha value is -1.46. The number of hydrogen-bond donors (Lipinski definition) is 0. The second-order valence-electron chi connectivity index (χ2n) is 7.33. The van der Waals surface area contributed by atoms with E-state index in [-0.39, 0.29) is 0 Å². The van der Waals surface area contributed by atoms with Gasteiger partial charge in [0, 0.05) is 0 Å². The summed E-state index contributed by atoms with van der Waals surface area (Å²) >= 11 is 0. The Bertz CT molecular complexity index is 432. The summed E-state index contributed by atoms with van der Waals surface area (Å²) in [6.07, 6.45) is 2.19. The van der Waals surface area contributed by atoms with E-state index >= 15 is 0 Å². The van der Waals surface area contributed by atoms with Gasteiger partial charge in [-0.1, -0.05) is 27.7 Å². The SMILES string of the molecule is CC1(C)OC(=O)OC1(C)C.CCC1(CC)OC(=O)OC1(CC)CC. The average Bonchev–Trinajstić information content (AvgIpc) is 2.88. The molecule has 0 unspecified atom stereocenters. The normalized spacial score (nSPS) is 24.8. The number of hydrogen-bond acceptors (Lipinski definition) is 6. The smallest absolute Gasteiger partial charge is 0.424 e. The first-order valence-electron chi connectivity index (χ1n) is 8.78. The molecular formula is C18H32O6. The summed E-state index contributed by atoms with van der Waals surface area (Å²) in [5.41, 5.74) is -1.84. The molecular weight excluding hydrogens is 312 g/mol. The summed E-state index contributed by atoms with van der Waals surface area (Å²) in [6.45, 7) is 15.5. The van der Waals surface area contributed by atoms with Crippen molar-refractivity contribution >= 4 is 12.3 Å². The lowest BCUT2D eigenvalue weighted by molar-refractivity contribution is -0.0601. The van der Waals surface area contributed by atoms with Crippen LogP contribution >= 0.6 is 0 Å². The highest BCUT2D eigenvalue weighted by molar-refractivity contribution is 5.64. The summed E-state index contributed by atoms with van der Waals surface area (Å²) in [5.74, 6) is 0. The van der Waals surface area contributed by atoms with Crippen LogP contribution in [0.2, 0.25) is 0 Å². The van der Waals surface area contributed by atoms with E-state index in [0.29, 0.717) is 0 Å². The zero-order valence-electron chi connectivity index (χ0n) is 16.3. The van der Waals surface area contributed by atoms with Crippen LogP contribution in [0.1, 0.15) is 81.1 Å². The van der Waals surface area contributed by atoms with Gasteiger partial charge in [-0.3, -0.25) is 0 Å². The predicted molar refractivity (Wildman–Crippen MR) is 89.9 cm³/mol. The summed E-state index contributed by atoms with van der Waals surface area (Å²) in [5, 5.41) is 0. The van der Waals surface area contributed by atoms with E-state index in [1.165, 1.54) is 0 Å². The van der Waals surface area contributed by atoms with Gasteiger partial charge >= 0.3 is 12.3 Å². The molecule has 6 nitrogen and oxygen atoms in total. The highest BCUT2D eigenvalue weighted by Crippen LogP contribution is 2.46. The second kappa shape index (κ2) is 6.81. The lowest BCUT2D eigenvalue weighted by Crippen LogP contribution is -2.50. The van der Waals surface area contributed by atoms with E-state index in [1.54, 1.807) is 0 Å². The van der Waals surface area contributed by atoms with Crippen LogP contribution in [0.4, 0.5) is 9.59 Å². The third-order valence-corrected chi connectivity index (χ3v) is 5.80. The van der Waals surface area contributed by atoms with Crippen LogP contribution in [0, 0.1) is 0 Å². The fourth-order valence-electron chi connectivity index (χ4n) is 3.29. The topological polar surface area (TPSA) is 71.1 Å². The molecule has 0 saturated carbocycles. The molecule has 0 amide bonds. The summed E-state index contributed by atoms with van der Waals surface area (Å²) in [7, 11) is 0. The van der Waals surface area contributed by atoms with Crippen LogP contribution in [0.3, 0.4) is 0 Å². The van der Waals surface area contributed by atoms with Crippen LogP contribution in [0.15, 0.2) is 0 Å². The van der Waals surface area contributed by atoms with Gasteiger partial charge in [0.15, 0.2) is 11.2 Å². The highest BCUT2D eigenvalue weighted by atomic mass is 16.8. The van der Waals surface area contributed by atoms with Crippen molar-refractivity contribution in [1.82, 2.24) is 0 Å². The van der Waals surface area contributed by atoms with Crippen LogP contribution in [-0.2, 0) is 18.9 Å². The Morgan fingerprint density at radius 1 is 0.583 bits per heavy atom. The molecule has 2 saturated heterocycles. The molecule has 6 heteroatoms. The largest absolute Gasteiger partial charge is 0.509 e. The molecule has 0 atom stereocenters. The molecule has 140 valence electrons. The zero-order chi connectivity index (χ0) is 18.8. The maximum Gasteiger partial charge on any atom is 0.509 e. The van der Waals surface area contributed by atoms with Crippen molar-refractivity contribution in [2.24, 2.45) is 0 Å². The minimum absolute atomic E-state index is 0.409. The van der Waals surface area contributed by atoms with Crippen LogP contribution in [0.25, 0.3) is 0 Å². The van der Waals surface area contributed by atoms with E-state index in [4.69, 9.17) is 18.9 Å². The first kappa shape index (κ1) is 20.6. The van der Waals surface area contributed by atoms with E-state index < -0.39 is 34.7 Å². The Kier molecular flexibility index (Phi) is 5.84. The van der Waals surface area contributed by atoms with E-state index in [2.05, 4.69) is 0 Å². The molecule has 0 N–H and O–H groups in total. The summed E-state index contributed by atoms with van der Waals surface area (Å²) in [6, 6.07) is 0. The number of rotatable bonds is 4. The Balaban J connectivity index is 0.000000254.